The van der Waals surface area contributed by atoms with E-state index in [1.165, 1.54) is 0 Å². The molecule has 2 heterocycles. The van der Waals surface area contributed by atoms with Gasteiger partial charge in [0, 0.05) is 37.3 Å². The van der Waals surface area contributed by atoms with Crippen molar-refractivity contribution >= 4 is 11.7 Å². The smallest absolute Gasteiger partial charge is 0.257 e. The van der Waals surface area contributed by atoms with Crippen molar-refractivity contribution in [1.82, 2.24) is 14.7 Å². The van der Waals surface area contributed by atoms with E-state index in [1.54, 1.807) is 34.1 Å². The molecule has 1 aliphatic heterocycles. The Labute approximate surface area is 176 Å². The minimum Gasteiger partial charge on any atom is -0.457 e. The largest absolute Gasteiger partial charge is 0.457 e. The molecule has 6 nitrogen and oxygen atoms in total. The highest BCUT2D eigenvalue weighted by molar-refractivity contribution is 5.99. The summed E-state index contributed by atoms with van der Waals surface area (Å²) in [7, 11) is 0. The minimum absolute atomic E-state index is 0.0567. The standard InChI is InChI=1S/C24H25N3O3/c1-2-27-17-20(15-25-27)24(29)26-14-6-7-19(16-26)23(28)18-10-12-22(13-11-18)30-21-8-4-3-5-9-21/h3-5,8-13,15,17,19H,2,6-7,14,16H2,1H3/t19-/m1/s1. The number of carbonyl (C=O) groups is 2. The van der Waals surface area contributed by atoms with E-state index in [0.29, 0.717) is 30.0 Å². The van der Waals surface area contributed by atoms with Crippen LogP contribution in [0.25, 0.3) is 0 Å². The van der Waals surface area contributed by atoms with Gasteiger partial charge in [-0.05, 0) is 56.2 Å². The molecule has 0 radical (unpaired) electrons. The van der Waals surface area contributed by atoms with E-state index < -0.39 is 0 Å². The van der Waals surface area contributed by atoms with Crippen molar-refractivity contribution in [2.75, 3.05) is 13.1 Å². The predicted octanol–water partition coefficient (Wildman–Crippen LogP) is 4.43. The Morgan fingerprint density at radius 2 is 1.77 bits per heavy atom. The van der Waals surface area contributed by atoms with Gasteiger partial charge >= 0.3 is 0 Å². The van der Waals surface area contributed by atoms with Gasteiger partial charge in [0.05, 0.1) is 11.8 Å². The van der Waals surface area contributed by atoms with Crippen LogP contribution in [-0.4, -0.2) is 39.5 Å². The number of likely N-dealkylation sites (tertiary alicyclic amines) is 1. The molecular weight excluding hydrogens is 378 g/mol. The maximum absolute atomic E-state index is 13.0. The fraction of sp³-hybridized carbons (Fsp3) is 0.292. The summed E-state index contributed by atoms with van der Waals surface area (Å²) in [5.41, 5.74) is 1.22. The van der Waals surface area contributed by atoms with Crippen molar-refractivity contribution in [2.45, 2.75) is 26.3 Å². The zero-order chi connectivity index (χ0) is 20.9. The van der Waals surface area contributed by atoms with Crippen LogP contribution in [0, 0.1) is 5.92 Å². The molecule has 1 atom stereocenters. The number of carbonyl (C=O) groups excluding carboxylic acids is 2. The molecular formula is C24H25N3O3. The Kier molecular flexibility index (Phi) is 5.93. The van der Waals surface area contributed by atoms with Crippen molar-refractivity contribution in [1.29, 1.82) is 0 Å². The number of amides is 1. The molecule has 0 saturated carbocycles. The number of ketones is 1. The van der Waals surface area contributed by atoms with Crippen LogP contribution >= 0.6 is 0 Å². The molecule has 1 aromatic heterocycles. The number of aromatic nitrogens is 2. The average molecular weight is 403 g/mol. The number of Topliss-reactive ketones (excluding diaryl/α,β-unsaturated/α-hetero) is 1. The Balaban J connectivity index is 1.40. The monoisotopic (exact) mass is 403 g/mol. The number of para-hydroxylation sites is 1. The van der Waals surface area contributed by atoms with E-state index >= 15 is 0 Å². The molecule has 1 amide bonds. The van der Waals surface area contributed by atoms with Gasteiger partial charge in [0.25, 0.3) is 5.91 Å². The second-order valence-electron chi connectivity index (χ2n) is 7.48. The van der Waals surface area contributed by atoms with E-state index in [9.17, 15) is 9.59 Å². The Morgan fingerprint density at radius 1 is 1.03 bits per heavy atom. The van der Waals surface area contributed by atoms with Gasteiger partial charge in [-0.1, -0.05) is 18.2 Å². The number of ether oxygens (including phenoxy) is 1. The summed E-state index contributed by atoms with van der Waals surface area (Å²) in [4.78, 5) is 27.6. The molecule has 0 unspecified atom stereocenters. The van der Waals surface area contributed by atoms with E-state index in [1.807, 2.05) is 49.4 Å². The zero-order valence-corrected chi connectivity index (χ0v) is 17.0. The highest BCUT2D eigenvalue weighted by atomic mass is 16.5. The molecule has 1 saturated heterocycles. The molecule has 0 aliphatic carbocycles. The maximum atomic E-state index is 13.0. The van der Waals surface area contributed by atoms with Gasteiger partial charge in [-0.25, -0.2) is 0 Å². The van der Waals surface area contributed by atoms with E-state index in [4.69, 9.17) is 4.74 Å². The molecule has 0 spiro atoms. The molecule has 154 valence electrons. The number of hydrogen-bond acceptors (Lipinski definition) is 4. The van der Waals surface area contributed by atoms with Crippen LogP contribution in [0.15, 0.2) is 67.0 Å². The van der Waals surface area contributed by atoms with Gasteiger partial charge < -0.3 is 9.64 Å². The van der Waals surface area contributed by atoms with Gasteiger partial charge in [0.15, 0.2) is 5.78 Å². The maximum Gasteiger partial charge on any atom is 0.257 e. The third-order valence-electron chi connectivity index (χ3n) is 5.40. The lowest BCUT2D eigenvalue weighted by Crippen LogP contribution is -2.42. The van der Waals surface area contributed by atoms with Gasteiger partial charge in [0.2, 0.25) is 0 Å². The third kappa shape index (κ3) is 4.43. The topological polar surface area (TPSA) is 64.4 Å². The first-order chi connectivity index (χ1) is 14.6. The molecule has 2 aromatic carbocycles. The number of rotatable bonds is 6. The molecule has 4 rings (SSSR count). The number of piperidine rings is 1. The number of hydrogen-bond donors (Lipinski definition) is 0. The average Bonchev–Trinajstić information content (AvgIpc) is 3.29. The minimum atomic E-state index is -0.190. The molecule has 30 heavy (non-hydrogen) atoms. The molecule has 0 N–H and O–H groups in total. The Bertz CT molecular complexity index is 1010. The summed E-state index contributed by atoms with van der Waals surface area (Å²) in [5, 5.41) is 4.18. The molecule has 1 aliphatic rings. The lowest BCUT2D eigenvalue weighted by atomic mass is 9.89. The number of benzene rings is 2. The van der Waals surface area contributed by atoms with Crippen LogP contribution in [0.3, 0.4) is 0 Å². The first-order valence-electron chi connectivity index (χ1n) is 10.3. The van der Waals surface area contributed by atoms with Crippen LogP contribution in [0.4, 0.5) is 0 Å². The second kappa shape index (κ2) is 8.95. The summed E-state index contributed by atoms with van der Waals surface area (Å²) in [6.45, 7) is 3.81. The Hall–Kier alpha value is -3.41. The summed E-state index contributed by atoms with van der Waals surface area (Å²) < 4.78 is 7.53. The number of aryl methyl sites for hydroxylation is 1. The first kappa shape index (κ1) is 19.9. The normalized spacial score (nSPS) is 16.3. The van der Waals surface area contributed by atoms with E-state index in [-0.39, 0.29) is 17.6 Å². The zero-order valence-electron chi connectivity index (χ0n) is 17.0. The van der Waals surface area contributed by atoms with Gasteiger partial charge in [0.1, 0.15) is 11.5 Å². The number of nitrogens with zero attached hydrogens (tertiary/aromatic N) is 3. The van der Waals surface area contributed by atoms with Crippen LogP contribution in [-0.2, 0) is 6.54 Å². The van der Waals surface area contributed by atoms with Crippen molar-refractivity contribution in [3.63, 3.8) is 0 Å². The summed E-state index contributed by atoms with van der Waals surface area (Å²) in [5.74, 6) is 1.27. The lowest BCUT2D eigenvalue weighted by molar-refractivity contribution is 0.0637. The highest BCUT2D eigenvalue weighted by Crippen LogP contribution is 2.25. The SMILES string of the molecule is CCn1cc(C(=O)N2CCC[C@@H](C(=O)c3ccc(Oc4ccccc4)cc3)C2)cn1. The van der Waals surface area contributed by atoms with Crippen LogP contribution in [0.1, 0.15) is 40.5 Å². The van der Waals surface area contributed by atoms with Gasteiger partial charge in [-0.3, -0.25) is 14.3 Å². The van der Waals surface area contributed by atoms with Crippen molar-refractivity contribution in [3.8, 4) is 11.5 Å². The van der Waals surface area contributed by atoms with Crippen LogP contribution in [0.2, 0.25) is 0 Å². The predicted molar refractivity (Wildman–Crippen MR) is 114 cm³/mol. The first-order valence-corrected chi connectivity index (χ1v) is 10.3. The lowest BCUT2D eigenvalue weighted by Gasteiger charge is -2.31. The molecule has 3 aromatic rings. The fourth-order valence-corrected chi connectivity index (χ4v) is 3.75. The highest BCUT2D eigenvalue weighted by Gasteiger charge is 2.30. The second-order valence-corrected chi connectivity index (χ2v) is 7.48. The quantitative estimate of drug-likeness (QED) is 0.571. The van der Waals surface area contributed by atoms with Gasteiger partial charge in [-0.2, -0.15) is 5.10 Å². The van der Waals surface area contributed by atoms with E-state index in [2.05, 4.69) is 5.10 Å². The third-order valence-corrected chi connectivity index (χ3v) is 5.40. The molecule has 0 bridgehead atoms. The van der Waals surface area contributed by atoms with Crippen LogP contribution in [0.5, 0.6) is 11.5 Å². The van der Waals surface area contributed by atoms with Gasteiger partial charge in [-0.15, -0.1) is 0 Å². The van der Waals surface area contributed by atoms with Crippen LogP contribution < -0.4 is 4.74 Å². The summed E-state index contributed by atoms with van der Waals surface area (Å²) >= 11 is 0. The van der Waals surface area contributed by atoms with Crippen molar-refractivity contribution < 1.29 is 14.3 Å². The molecule has 1 fully saturated rings. The van der Waals surface area contributed by atoms with Crippen molar-refractivity contribution in [2.24, 2.45) is 5.92 Å². The Morgan fingerprint density at radius 3 is 2.47 bits per heavy atom. The van der Waals surface area contributed by atoms with Crippen molar-refractivity contribution in [3.05, 3.63) is 78.1 Å². The molecule has 6 heteroatoms. The summed E-state index contributed by atoms with van der Waals surface area (Å²) in [6.07, 6.45) is 4.97. The summed E-state index contributed by atoms with van der Waals surface area (Å²) in [6, 6.07) is 16.7. The fourth-order valence-electron chi connectivity index (χ4n) is 3.75. The van der Waals surface area contributed by atoms with E-state index in [0.717, 1.165) is 25.1 Å².